The number of ketones is 1. The van der Waals surface area contributed by atoms with E-state index in [1.54, 1.807) is 12.1 Å². The second kappa shape index (κ2) is 7.14. The van der Waals surface area contributed by atoms with Crippen LogP contribution in [0.1, 0.15) is 28.4 Å². The van der Waals surface area contributed by atoms with Crippen molar-refractivity contribution in [1.82, 2.24) is 4.90 Å². The standard InChI is InChI=1S/C20H23FN2O/c1-15-5-3-4-6-18(15)14-22-9-11-23(12-10-22)20-8-7-17(16(2)24)13-19(20)21/h3-8,13H,9-12,14H2,1-2H3. The van der Waals surface area contributed by atoms with E-state index in [2.05, 4.69) is 41.0 Å². The van der Waals surface area contributed by atoms with Gasteiger partial charge in [0.2, 0.25) is 0 Å². The van der Waals surface area contributed by atoms with Crippen LogP contribution >= 0.6 is 0 Å². The first-order valence-electron chi connectivity index (χ1n) is 8.37. The van der Waals surface area contributed by atoms with Gasteiger partial charge in [0.1, 0.15) is 5.82 Å². The Morgan fingerprint density at radius 2 is 1.79 bits per heavy atom. The summed E-state index contributed by atoms with van der Waals surface area (Å²) in [4.78, 5) is 15.8. The fourth-order valence-corrected chi connectivity index (χ4v) is 3.16. The van der Waals surface area contributed by atoms with Gasteiger partial charge >= 0.3 is 0 Å². The molecule has 0 atom stereocenters. The summed E-state index contributed by atoms with van der Waals surface area (Å²) in [6, 6.07) is 13.2. The van der Waals surface area contributed by atoms with E-state index in [4.69, 9.17) is 0 Å². The number of carbonyl (C=O) groups is 1. The Bertz CT molecular complexity index is 736. The first-order valence-corrected chi connectivity index (χ1v) is 8.37. The van der Waals surface area contributed by atoms with Crippen molar-refractivity contribution >= 4 is 11.5 Å². The number of benzene rings is 2. The van der Waals surface area contributed by atoms with Gasteiger partial charge in [-0.15, -0.1) is 0 Å². The number of hydrogen-bond acceptors (Lipinski definition) is 3. The van der Waals surface area contributed by atoms with Gasteiger partial charge in [-0.1, -0.05) is 24.3 Å². The average molecular weight is 326 g/mol. The molecule has 2 aromatic rings. The number of halogens is 1. The molecule has 0 bridgehead atoms. The topological polar surface area (TPSA) is 23.6 Å². The summed E-state index contributed by atoms with van der Waals surface area (Å²) in [5.74, 6) is -0.418. The molecule has 1 aliphatic rings. The molecule has 4 heteroatoms. The molecule has 0 aromatic heterocycles. The van der Waals surface area contributed by atoms with Crippen molar-refractivity contribution in [2.24, 2.45) is 0 Å². The molecule has 0 radical (unpaired) electrons. The van der Waals surface area contributed by atoms with Crippen LogP contribution < -0.4 is 4.90 Å². The molecular weight excluding hydrogens is 303 g/mol. The van der Waals surface area contributed by atoms with Gasteiger partial charge in [0.05, 0.1) is 5.69 Å². The minimum absolute atomic E-state index is 0.108. The lowest BCUT2D eigenvalue weighted by Crippen LogP contribution is -2.46. The van der Waals surface area contributed by atoms with Gasteiger partial charge in [0, 0.05) is 38.3 Å². The molecule has 0 unspecified atom stereocenters. The smallest absolute Gasteiger partial charge is 0.159 e. The molecule has 24 heavy (non-hydrogen) atoms. The number of anilines is 1. The third kappa shape index (κ3) is 3.65. The van der Waals surface area contributed by atoms with E-state index in [1.165, 1.54) is 24.1 Å². The largest absolute Gasteiger partial charge is 0.367 e. The number of rotatable bonds is 4. The zero-order valence-electron chi connectivity index (χ0n) is 14.3. The maximum absolute atomic E-state index is 14.3. The van der Waals surface area contributed by atoms with E-state index >= 15 is 0 Å². The van der Waals surface area contributed by atoms with Crippen molar-refractivity contribution in [3.8, 4) is 0 Å². The van der Waals surface area contributed by atoms with Gasteiger partial charge in [0.15, 0.2) is 5.78 Å². The molecule has 2 aromatic carbocycles. The van der Waals surface area contributed by atoms with Crippen molar-refractivity contribution in [2.45, 2.75) is 20.4 Å². The highest BCUT2D eigenvalue weighted by atomic mass is 19.1. The second-order valence-electron chi connectivity index (χ2n) is 6.41. The Hall–Kier alpha value is -2.20. The Balaban J connectivity index is 1.63. The van der Waals surface area contributed by atoms with Crippen LogP contribution in [0.25, 0.3) is 0 Å². The average Bonchev–Trinajstić information content (AvgIpc) is 2.58. The number of aryl methyl sites for hydroxylation is 1. The van der Waals surface area contributed by atoms with Gasteiger partial charge in [-0.25, -0.2) is 4.39 Å². The second-order valence-corrected chi connectivity index (χ2v) is 6.41. The summed E-state index contributed by atoms with van der Waals surface area (Å²) >= 11 is 0. The summed E-state index contributed by atoms with van der Waals surface area (Å²) in [5.41, 5.74) is 3.68. The number of piperazine rings is 1. The van der Waals surface area contributed by atoms with Gasteiger partial charge in [-0.2, -0.15) is 0 Å². The Morgan fingerprint density at radius 3 is 2.42 bits per heavy atom. The van der Waals surface area contributed by atoms with Crippen LogP contribution in [0, 0.1) is 12.7 Å². The highest BCUT2D eigenvalue weighted by Gasteiger charge is 2.20. The number of Topliss-reactive ketones (excluding diaryl/α,β-unsaturated/α-hetero) is 1. The lowest BCUT2D eigenvalue weighted by Gasteiger charge is -2.36. The van der Waals surface area contributed by atoms with Crippen LogP contribution in [0.15, 0.2) is 42.5 Å². The molecule has 3 nitrogen and oxygen atoms in total. The molecule has 1 saturated heterocycles. The molecular formula is C20H23FN2O. The van der Waals surface area contributed by atoms with E-state index in [9.17, 15) is 9.18 Å². The van der Waals surface area contributed by atoms with E-state index in [0.29, 0.717) is 11.3 Å². The van der Waals surface area contributed by atoms with Crippen LogP contribution in [-0.4, -0.2) is 36.9 Å². The molecule has 1 fully saturated rings. The quantitative estimate of drug-likeness (QED) is 0.801. The van der Waals surface area contributed by atoms with Crippen LogP contribution in [0.2, 0.25) is 0 Å². The van der Waals surface area contributed by atoms with Crippen LogP contribution in [-0.2, 0) is 6.54 Å². The van der Waals surface area contributed by atoms with Crippen LogP contribution in [0.5, 0.6) is 0 Å². The molecule has 0 N–H and O–H groups in total. The molecule has 0 amide bonds. The highest BCUT2D eigenvalue weighted by Crippen LogP contribution is 2.23. The Labute approximate surface area is 142 Å². The van der Waals surface area contributed by atoms with Crippen molar-refractivity contribution in [3.05, 3.63) is 65.0 Å². The van der Waals surface area contributed by atoms with E-state index in [-0.39, 0.29) is 11.6 Å². The normalized spacial score (nSPS) is 15.5. The minimum atomic E-state index is -0.310. The maximum atomic E-state index is 14.3. The van der Waals surface area contributed by atoms with E-state index < -0.39 is 0 Å². The predicted molar refractivity (Wildman–Crippen MR) is 95.1 cm³/mol. The van der Waals surface area contributed by atoms with E-state index in [0.717, 1.165) is 32.7 Å². The summed E-state index contributed by atoms with van der Waals surface area (Å²) in [6.45, 7) is 7.93. The third-order valence-corrected chi connectivity index (χ3v) is 4.72. The molecule has 0 spiro atoms. The fraction of sp³-hybridized carbons (Fsp3) is 0.350. The van der Waals surface area contributed by atoms with Crippen molar-refractivity contribution in [1.29, 1.82) is 0 Å². The number of hydrogen-bond donors (Lipinski definition) is 0. The number of nitrogens with zero attached hydrogens (tertiary/aromatic N) is 2. The monoisotopic (exact) mass is 326 g/mol. The molecule has 3 rings (SSSR count). The van der Waals surface area contributed by atoms with Gasteiger partial charge in [0.25, 0.3) is 0 Å². The zero-order valence-corrected chi connectivity index (χ0v) is 14.3. The highest BCUT2D eigenvalue weighted by molar-refractivity contribution is 5.94. The molecule has 0 saturated carbocycles. The molecule has 1 aliphatic heterocycles. The summed E-state index contributed by atoms with van der Waals surface area (Å²) in [6.07, 6.45) is 0. The lowest BCUT2D eigenvalue weighted by molar-refractivity contribution is 0.101. The van der Waals surface area contributed by atoms with Gasteiger partial charge in [-0.05, 0) is 43.2 Å². The van der Waals surface area contributed by atoms with Crippen molar-refractivity contribution in [3.63, 3.8) is 0 Å². The minimum Gasteiger partial charge on any atom is -0.367 e. The Morgan fingerprint density at radius 1 is 1.08 bits per heavy atom. The van der Waals surface area contributed by atoms with Crippen molar-refractivity contribution < 1.29 is 9.18 Å². The fourth-order valence-electron chi connectivity index (χ4n) is 3.16. The van der Waals surface area contributed by atoms with Gasteiger partial charge < -0.3 is 4.90 Å². The summed E-state index contributed by atoms with van der Waals surface area (Å²) in [5, 5.41) is 0. The maximum Gasteiger partial charge on any atom is 0.159 e. The zero-order chi connectivity index (χ0) is 17.1. The van der Waals surface area contributed by atoms with E-state index in [1.807, 2.05) is 0 Å². The summed E-state index contributed by atoms with van der Waals surface area (Å²) < 4.78 is 14.3. The molecule has 1 heterocycles. The van der Waals surface area contributed by atoms with Crippen LogP contribution in [0.3, 0.4) is 0 Å². The third-order valence-electron chi connectivity index (χ3n) is 4.72. The predicted octanol–water partition coefficient (Wildman–Crippen LogP) is 3.66. The first-order chi connectivity index (χ1) is 11.5. The molecule has 0 aliphatic carbocycles. The summed E-state index contributed by atoms with van der Waals surface area (Å²) in [7, 11) is 0. The first kappa shape index (κ1) is 16.7. The SMILES string of the molecule is CC(=O)c1ccc(N2CCN(Cc3ccccc3C)CC2)c(F)c1. The Kier molecular flexibility index (Phi) is 4.95. The lowest BCUT2D eigenvalue weighted by atomic mass is 10.1. The van der Waals surface area contributed by atoms with Gasteiger partial charge in [-0.3, -0.25) is 9.69 Å². The van der Waals surface area contributed by atoms with Crippen LogP contribution in [0.4, 0.5) is 10.1 Å². The number of carbonyl (C=O) groups excluding carboxylic acids is 1. The van der Waals surface area contributed by atoms with Crippen molar-refractivity contribution in [2.75, 3.05) is 31.1 Å². The molecule has 126 valence electrons.